The Labute approximate surface area is 554 Å². The number of unbranched alkanes of at least 4 members (excludes halogenated alkanes) is 3. The second kappa shape index (κ2) is 32.5. The predicted molar refractivity (Wildman–Crippen MR) is 355 cm³/mol. The van der Waals surface area contributed by atoms with Gasteiger partial charge in [-0.3, -0.25) is 29.0 Å². The van der Waals surface area contributed by atoms with E-state index >= 15 is 0 Å². The number of thioether (sulfide) groups is 1. The molecule has 94 heavy (non-hydrogen) atoms. The minimum atomic E-state index is -6.15. The molecule has 3 aliphatic heterocycles. The molecule has 0 radical (unpaired) electrons. The van der Waals surface area contributed by atoms with Crippen LogP contribution in [-0.4, -0.2) is 182 Å². The van der Waals surface area contributed by atoms with E-state index in [1.807, 2.05) is 42.0 Å². The van der Waals surface area contributed by atoms with Crippen molar-refractivity contribution >= 4 is 72.9 Å². The first-order valence-electron chi connectivity index (χ1n) is 32.5. The van der Waals surface area contributed by atoms with Crippen LogP contribution in [0.2, 0.25) is 0 Å². The summed E-state index contributed by atoms with van der Waals surface area (Å²) in [7, 11) is -9.69. The number of carbonyl (C=O) groups is 5. The summed E-state index contributed by atoms with van der Waals surface area (Å²) in [6, 6.07) is 16.2. The zero-order valence-corrected chi connectivity index (χ0v) is 56.6. The number of hydrogen-bond donors (Lipinski definition) is 4. The van der Waals surface area contributed by atoms with Gasteiger partial charge in [0.15, 0.2) is 0 Å². The van der Waals surface area contributed by atoms with Gasteiger partial charge in [0.1, 0.15) is 17.2 Å². The first-order valence-corrected chi connectivity index (χ1v) is 36.5. The molecular formula is C68H90F5N9O9S3. The Balaban J connectivity index is 0.834. The van der Waals surface area contributed by atoms with Crippen molar-refractivity contribution in [2.45, 2.75) is 143 Å². The van der Waals surface area contributed by atoms with E-state index in [1.165, 1.54) is 42.1 Å². The van der Waals surface area contributed by atoms with Crippen molar-refractivity contribution in [1.29, 1.82) is 0 Å². The van der Waals surface area contributed by atoms with Crippen LogP contribution in [0.3, 0.4) is 0 Å². The lowest BCUT2D eigenvalue weighted by Crippen LogP contribution is -2.48. The predicted octanol–water partition coefficient (Wildman–Crippen LogP) is 9.99. The minimum absolute atomic E-state index is 0.00653. The van der Waals surface area contributed by atoms with Crippen LogP contribution in [0.15, 0.2) is 135 Å². The molecule has 5 aliphatic rings. The number of sulfonamides is 1. The molecule has 3 heterocycles. The number of nitrogens with one attached hydrogen (secondary N) is 4. The van der Waals surface area contributed by atoms with Crippen molar-refractivity contribution < 1.29 is 62.8 Å². The summed E-state index contributed by atoms with van der Waals surface area (Å²) in [6.45, 7) is 18.3. The summed E-state index contributed by atoms with van der Waals surface area (Å²) in [4.78, 5) is 72.6. The second-order valence-corrected chi connectivity index (χ2v) is 30.5. The SMILES string of the molecule is C=C/C=C\C(NCCCCCCN1CCN(CCC(CSc2ccccc2)Nc2ccc(S(=O)(=O)NC(=O)c3ccc(N4CCN(CC5=C(C6CC6(CC)C(F)F)CC(C)(C)CC5)CC4)cc3)cc2S(=O)(=O)C(F)(F)F)CC1)=C1/CC(=O)N(C(CCC=O)C(=O)NC)C1=O. The molecule has 4 N–H and O–H groups in total. The maximum absolute atomic E-state index is 14.5. The van der Waals surface area contributed by atoms with E-state index in [0.29, 0.717) is 95.4 Å². The monoisotopic (exact) mass is 1370 g/mol. The van der Waals surface area contributed by atoms with Gasteiger partial charge in [0.2, 0.25) is 18.2 Å². The number of rotatable bonds is 33. The van der Waals surface area contributed by atoms with Crippen LogP contribution in [0.4, 0.5) is 33.3 Å². The molecule has 8 rings (SSSR count). The van der Waals surface area contributed by atoms with Crippen LogP contribution in [0.1, 0.15) is 115 Å². The number of hydrogen-bond acceptors (Lipinski definition) is 16. The van der Waals surface area contributed by atoms with Crippen LogP contribution < -0.4 is 25.6 Å². The number of imide groups is 1. The Morgan fingerprint density at radius 3 is 2.15 bits per heavy atom. The number of aldehydes is 1. The average molecular weight is 1370 g/mol. The van der Waals surface area contributed by atoms with Gasteiger partial charge >= 0.3 is 5.51 Å². The number of halogens is 5. The zero-order valence-electron chi connectivity index (χ0n) is 54.2. The van der Waals surface area contributed by atoms with Crippen molar-refractivity contribution in [3.63, 3.8) is 0 Å². The molecule has 0 spiro atoms. The van der Waals surface area contributed by atoms with Crippen LogP contribution in [-0.2, 0) is 39.0 Å². The third kappa shape index (κ3) is 18.6. The molecule has 514 valence electrons. The molecule has 0 bridgehead atoms. The van der Waals surface area contributed by atoms with Gasteiger partial charge in [0, 0.05) is 125 Å². The second-order valence-electron chi connectivity index (χ2n) is 25.9. The standard InChI is InChI=1S/C68H90F5N9O9S3/c1-6-8-19-57(54-43-61(84)82(64(54)87)59(20-16-41-83)63(86)74-5)75-30-14-9-10-15-31-78-33-35-79(36-34-78)32-28-50(47-92-52-17-12-11-13-18-52)76-58-26-25-53(42-60(58)93(88,89)68(71,72)73)94(90,91)77-62(85)48-21-23-51(24-22-48)81-39-37-80(38-40-81)46-49-27-29-66(3,4)44-55(49)56-45-67(56,7-2)65(69)70/h6,8,11-13,17-19,21-26,41-42,50,56,59,65,75-76H,1,7,9-10,14-16,20,27-40,43-47H2,2-5H3,(H,74,86)(H,77,85)/b19-8-,57-54-. The maximum Gasteiger partial charge on any atom is 0.501 e. The fourth-order valence-electron chi connectivity index (χ4n) is 13.2. The summed E-state index contributed by atoms with van der Waals surface area (Å²) in [5.74, 6) is -2.47. The van der Waals surface area contributed by atoms with Gasteiger partial charge in [-0.15, -0.1) is 11.8 Å². The topological polar surface area (TPSA) is 218 Å². The highest BCUT2D eigenvalue weighted by Crippen LogP contribution is 2.65. The molecule has 4 fully saturated rings. The lowest BCUT2D eigenvalue weighted by atomic mass is 9.72. The molecule has 4 amide bonds. The quantitative estimate of drug-likeness (QED) is 0.00652. The molecule has 1 saturated carbocycles. The smallest absolute Gasteiger partial charge is 0.385 e. The summed E-state index contributed by atoms with van der Waals surface area (Å²) >= 11 is 1.42. The number of benzene rings is 3. The highest BCUT2D eigenvalue weighted by Gasteiger charge is 2.61. The van der Waals surface area contributed by atoms with E-state index < -0.39 is 88.4 Å². The molecule has 18 nitrogen and oxygen atoms in total. The highest BCUT2D eigenvalue weighted by molar-refractivity contribution is 7.99. The van der Waals surface area contributed by atoms with Gasteiger partial charge in [-0.2, -0.15) is 13.2 Å². The van der Waals surface area contributed by atoms with E-state index in [-0.39, 0.29) is 41.7 Å². The van der Waals surface area contributed by atoms with E-state index in [4.69, 9.17) is 0 Å². The number of piperazine rings is 2. The van der Waals surface area contributed by atoms with Crippen LogP contribution in [0, 0.1) is 16.7 Å². The Morgan fingerprint density at radius 1 is 0.851 bits per heavy atom. The van der Waals surface area contributed by atoms with Crippen molar-refractivity contribution in [1.82, 2.24) is 35.0 Å². The van der Waals surface area contributed by atoms with Gasteiger partial charge in [-0.1, -0.05) is 81.7 Å². The van der Waals surface area contributed by atoms with E-state index in [9.17, 15) is 62.8 Å². The first-order chi connectivity index (χ1) is 44.7. The lowest BCUT2D eigenvalue weighted by Gasteiger charge is -2.39. The molecule has 4 unspecified atom stereocenters. The van der Waals surface area contributed by atoms with Gasteiger partial charge in [-0.05, 0) is 136 Å². The summed E-state index contributed by atoms with van der Waals surface area (Å²) in [5.41, 5.74) is -3.18. The van der Waals surface area contributed by atoms with Gasteiger partial charge in [0.05, 0.1) is 22.6 Å². The van der Waals surface area contributed by atoms with Crippen molar-refractivity contribution in [3.8, 4) is 0 Å². The molecule has 26 heteroatoms. The molecule has 3 saturated heterocycles. The normalized spacial score (nSPS) is 21.4. The Bertz CT molecular complexity index is 3500. The summed E-state index contributed by atoms with van der Waals surface area (Å²) in [6.07, 6.45) is 10.6. The maximum atomic E-state index is 14.5. The Morgan fingerprint density at radius 2 is 1.52 bits per heavy atom. The fraction of sp³-hybridized carbons (Fsp3) is 0.544. The number of amides is 4. The number of likely N-dealkylation sites (tertiary alicyclic amines) is 1. The Hall–Kier alpha value is -6.45. The third-order valence-corrected chi connectivity index (χ3v) is 23.0. The zero-order chi connectivity index (χ0) is 68.0. The number of sulfone groups is 1. The summed E-state index contributed by atoms with van der Waals surface area (Å²) < 4.78 is 128. The number of anilines is 2. The van der Waals surface area contributed by atoms with Gasteiger partial charge < -0.3 is 35.4 Å². The van der Waals surface area contributed by atoms with Crippen LogP contribution in [0.5, 0.6) is 0 Å². The first kappa shape index (κ1) is 73.4. The molecule has 4 atom stereocenters. The Kier molecular flexibility index (Phi) is 25.4. The largest absolute Gasteiger partial charge is 0.501 e. The lowest BCUT2D eigenvalue weighted by molar-refractivity contribution is -0.146. The van der Waals surface area contributed by atoms with Crippen molar-refractivity contribution in [3.05, 3.63) is 126 Å². The van der Waals surface area contributed by atoms with Crippen molar-refractivity contribution in [2.75, 3.05) is 102 Å². The molecular weight excluding hydrogens is 1280 g/mol. The van der Waals surface area contributed by atoms with E-state index in [1.54, 1.807) is 30.4 Å². The van der Waals surface area contributed by atoms with Crippen molar-refractivity contribution in [2.24, 2.45) is 16.7 Å². The summed E-state index contributed by atoms with van der Waals surface area (Å²) in [5, 5.41) is 8.81. The molecule has 2 aliphatic carbocycles. The average Bonchev–Trinajstić information content (AvgIpc) is 1.54. The minimum Gasteiger partial charge on any atom is -0.385 e. The van der Waals surface area contributed by atoms with E-state index in [0.717, 1.165) is 98.7 Å². The molecule has 0 aromatic heterocycles. The number of likely N-dealkylation sites (N-methyl/N-ethyl adjacent to an activating group) is 1. The number of carbonyl (C=O) groups excluding carboxylic acids is 5. The van der Waals surface area contributed by atoms with Crippen LogP contribution >= 0.6 is 11.8 Å². The van der Waals surface area contributed by atoms with Gasteiger partial charge in [0.25, 0.3) is 31.7 Å². The van der Waals surface area contributed by atoms with Crippen LogP contribution in [0.25, 0.3) is 0 Å². The van der Waals surface area contributed by atoms with Gasteiger partial charge in [-0.25, -0.2) is 30.3 Å². The molecule has 3 aromatic rings. The third-order valence-electron chi connectivity index (χ3n) is 19.0. The number of alkyl halides is 5. The fourth-order valence-corrected chi connectivity index (χ4v) is 16.2. The molecule has 3 aromatic carbocycles. The highest BCUT2D eigenvalue weighted by atomic mass is 32.2. The number of allylic oxidation sites excluding steroid dienone is 4. The van der Waals surface area contributed by atoms with E-state index in [2.05, 4.69) is 56.0 Å². The number of nitrogens with zero attached hydrogens (tertiary/aromatic N) is 5.